The van der Waals surface area contributed by atoms with Crippen molar-refractivity contribution in [2.24, 2.45) is 10.9 Å². The summed E-state index contributed by atoms with van der Waals surface area (Å²) >= 11 is 0. The maximum atomic E-state index is 11.9. The summed E-state index contributed by atoms with van der Waals surface area (Å²) in [6.07, 6.45) is 0. The summed E-state index contributed by atoms with van der Waals surface area (Å²) in [6.45, 7) is 1.53. The monoisotopic (exact) mass is 329 g/mol. The predicted molar refractivity (Wildman–Crippen MR) is 87.0 cm³/mol. The molecule has 0 atom stereocenters. The first-order chi connectivity index (χ1) is 11.4. The number of nitrogens with two attached hydrogens (primary N) is 1. The summed E-state index contributed by atoms with van der Waals surface area (Å²) in [5, 5.41) is 14.3. The van der Waals surface area contributed by atoms with Crippen LogP contribution in [-0.4, -0.2) is 23.8 Å². The van der Waals surface area contributed by atoms with Gasteiger partial charge >= 0.3 is 5.97 Å². The Morgan fingerprint density at radius 2 is 1.79 bits per heavy atom. The molecule has 8 nitrogen and oxygen atoms in total. The Morgan fingerprint density at radius 1 is 1.17 bits per heavy atom. The van der Waals surface area contributed by atoms with Gasteiger partial charge in [0.25, 0.3) is 5.69 Å². The third kappa shape index (κ3) is 3.86. The fourth-order valence-electron chi connectivity index (χ4n) is 1.95. The Labute approximate surface area is 137 Å². The average Bonchev–Trinajstić information content (AvgIpc) is 2.59. The van der Waals surface area contributed by atoms with Crippen LogP contribution < -0.4 is 10.5 Å². The van der Waals surface area contributed by atoms with Crippen molar-refractivity contribution in [3.05, 3.63) is 69.3 Å². The van der Waals surface area contributed by atoms with Gasteiger partial charge in [-0.15, -0.1) is 0 Å². The molecule has 0 aliphatic heterocycles. The second-order valence-electron chi connectivity index (χ2n) is 4.84. The van der Waals surface area contributed by atoms with E-state index in [-0.39, 0.29) is 17.1 Å². The molecule has 0 saturated carbocycles. The van der Waals surface area contributed by atoms with Crippen molar-refractivity contribution in [2.75, 3.05) is 7.11 Å². The Morgan fingerprint density at radius 3 is 2.33 bits per heavy atom. The smallest absolute Gasteiger partial charge is 0.365 e. The number of amidine groups is 1. The number of nitrogens with zero attached hydrogens (tertiary/aromatic N) is 2. The van der Waals surface area contributed by atoms with E-state index < -0.39 is 10.9 Å². The van der Waals surface area contributed by atoms with Gasteiger partial charge in [-0.2, -0.15) is 0 Å². The molecule has 0 saturated heterocycles. The van der Waals surface area contributed by atoms with E-state index in [0.29, 0.717) is 16.9 Å². The first kappa shape index (κ1) is 16.9. The SMILES string of the molecule is COc1ccc(/C(N)=N/OC(=O)c2ccc([N+](=O)[O-])c(C)c2)cc1. The Kier molecular flexibility index (Phi) is 5.10. The van der Waals surface area contributed by atoms with E-state index in [2.05, 4.69) is 5.16 Å². The number of rotatable bonds is 5. The van der Waals surface area contributed by atoms with Crippen LogP contribution in [0.5, 0.6) is 5.75 Å². The van der Waals surface area contributed by atoms with Gasteiger partial charge in [-0.25, -0.2) is 4.79 Å². The second kappa shape index (κ2) is 7.23. The minimum Gasteiger partial charge on any atom is -0.497 e. The fraction of sp³-hybridized carbons (Fsp3) is 0.125. The molecule has 0 bridgehead atoms. The normalized spacial score (nSPS) is 11.0. The molecule has 124 valence electrons. The molecule has 24 heavy (non-hydrogen) atoms. The number of oxime groups is 1. The van der Waals surface area contributed by atoms with E-state index in [1.165, 1.54) is 25.1 Å². The van der Waals surface area contributed by atoms with Crippen molar-refractivity contribution in [3.63, 3.8) is 0 Å². The number of hydrogen-bond acceptors (Lipinski definition) is 6. The fourth-order valence-corrected chi connectivity index (χ4v) is 1.95. The minimum absolute atomic E-state index is 0.0182. The van der Waals surface area contributed by atoms with Gasteiger partial charge in [0.05, 0.1) is 17.6 Å². The zero-order valence-electron chi connectivity index (χ0n) is 13.1. The number of hydrogen-bond donors (Lipinski definition) is 1. The highest BCUT2D eigenvalue weighted by atomic mass is 16.7. The first-order valence-electron chi connectivity index (χ1n) is 6.86. The van der Waals surface area contributed by atoms with Gasteiger partial charge in [0.1, 0.15) is 5.75 Å². The number of carbonyl (C=O) groups is 1. The zero-order chi connectivity index (χ0) is 17.7. The average molecular weight is 329 g/mol. The van der Waals surface area contributed by atoms with Crippen LogP contribution in [0.4, 0.5) is 5.69 Å². The molecular formula is C16H15N3O5. The molecule has 2 aromatic carbocycles. The van der Waals surface area contributed by atoms with E-state index in [0.717, 1.165) is 0 Å². The summed E-state index contributed by atoms with van der Waals surface area (Å²) in [4.78, 5) is 27.0. The number of benzene rings is 2. The van der Waals surface area contributed by atoms with Crippen molar-refractivity contribution in [3.8, 4) is 5.75 Å². The van der Waals surface area contributed by atoms with Crippen molar-refractivity contribution < 1.29 is 19.3 Å². The summed E-state index contributed by atoms with van der Waals surface area (Å²) in [7, 11) is 1.54. The quantitative estimate of drug-likeness (QED) is 0.296. The second-order valence-corrected chi connectivity index (χ2v) is 4.84. The third-order valence-electron chi connectivity index (χ3n) is 3.24. The Bertz CT molecular complexity index is 800. The summed E-state index contributed by atoms with van der Waals surface area (Å²) in [5.74, 6) is -0.0843. The number of ether oxygens (including phenoxy) is 1. The topological polar surface area (TPSA) is 117 Å². The van der Waals surface area contributed by atoms with Crippen LogP contribution in [0.2, 0.25) is 0 Å². The molecule has 0 spiro atoms. The lowest BCUT2D eigenvalue weighted by Crippen LogP contribution is -2.15. The maximum absolute atomic E-state index is 11.9. The molecule has 0 unspecified atom stereocenters. The van der Waals surface area contributed by atoms with Gasteiger partial charge < -0.3 is 15.3 Å². The van der Waals surface area contributed by atoms with Gasteiger partial charge in [-0.1, -0.05) is 5.16 Å². The number of nitro benzene ring substituents is 1. The van der Waals surface area contributed by atoms with E-state index in [9.17, 15) is 14.9 Å². The van der Waals surface area contributed by atoms with Gasteiger partial charge in [0, 0.05) is 17.2 Å². The molecule has 0 aliphatic carbocycles. The molecule has 8 heteroatoms. The standard InChI is InChI=1S/C16H15N3O5/c1-10-9-12(5-8-14(10)19(21)22)16(20)24-18-15(17)11-3-6-13(23-2)7-4-11/h3-9H,1-2H3,(H2,17,18). The summed E-state index contributed by atoms with van der Waals surface area (Å²) in [5.41, 5.74) is 6.72. The van der Waals surface area contributed by atoms with Gasteiger partial charge in [0.2, 0.25) is 0 Å². The van der Waals surface area contributed by atoms with E-state index >= 15 is 0 Å². The van der Waals surface area contributed by atoms with Crippen molar-refractivity contribution in [1.82, 2.24) is 0 Å². The number of nitro groups is 1. The molecular weight excluding hydrogens is 314 g/mol. The predicted octanol–water partition coefficient (Wildman–Crippen LogP) is 2.39. The zero-order valence-corrected chi connectivity index (χ0v) is 13.1. The first-order valence-corrected chi connectivity index (χ1v) is 6.86. The number of methoxy groups -OCH3 is 1. The highest BCUT2D eigenvalue weighted by Crippen LogP contribution is 2.19. The molecule has 0 heterocycles. The van der Waals surface area contributed by atoms with Gasteiger partial charge in [-0.05, 0) is 43.3 Å². The van der Waals surface area contributed by atoms with Crippen LogP contribution in [0.15, 0.2) is 47.6 Å². The van der Waals surface area contributed by atoms with E-state index in [1.807, 2.05) is 0 Å². The molecule has 2 rings (SSSR count). The molecule has 0 aromatic heterocycles. The van der Waals surface area contributed by atoms with Crippen molar-refractivity contribution in [1.29, 1.82) is 0 Å². The Hall–Kier alpha value is -3.42. The highest BCUT2D eigenvalue weighted by Gasteiger charge is 2.15. The van der Waals surface area contributed by atoms with Crippen LogP contribution in [0.1, 0.15) is 21.5 Å². The molecule has 0 aliphatic rings. The molecule has 2 N–H and O–H groups in total. The molecule has 0 fully saturated rings. The van der Waals surface area contributed by atoms with E-state index in [1.54, 1.807) is 31.4 Å². The summed E-state index contributed by atoms with van der Waals surface area (Å²) in [6, 6.07) is 10.6. The lowest BCUT2D eigenvalue weighted by molar-refractivity contribution is -0.385. The molecule has 2 aromatic rings. The maximum Gasteiger partial charge on any atom is 0.365 e. The Balaban J connectivity index is 2.11. The van der Waals surface area contributed by atoms with Crippen LogP contribution in [0.25, 0.3) is 0 Å². The molecule has 0 amide bonds. The van der Waals surface area contributed by atoms with E-state index in [4.69, 9.17) is 15.3 Å². The van der Waals surface area contributed by atoms with Crippen LogP contribution >= 0.6 is 0 Å². The van der Waals surface area contributed by atoms with Crippen LogP contribution in [0.3, 0.4) is 0 Å². The lowest BCUT2D eigenvalue weighted by atomic mass is 10.1. The molecule has 0 radical (unpaired) electrons. The summed E-state index contributed by atoms with van der Waals surface area (Å²) < 4.78 is 5.03. The number of aryl methyl sites for hydroxylation is 1. The van der Waals surface area contributed by atoms with Crippen LogP contribution in [-0.2, 0) is 4.84 Å². The largest absolute Gasteiger partial charge is 0.497 e. The van der Waals surface area contributed by atoms with Crippen LogP contribution in [0, 0.1) is 17.0 Å². The van der Waals surface area contributed by atoms with Crippen molar-refractivity contribution >= 4 is 17.5 Å². The van der Waals surface area contributed by atoms with Crippen molar-refractivity contribution in [2.45, 2.75) is 6.92 Å². The highest BCUT2D eigenvalue weighted by molar-refractivity contribution is 5.98. The number of carbonyl (C=O) groups excluding carboxylic acids is 1. The lowest BCUT2D eigenvalue weighted by Gasteiger charge is -2.04. The third-order valence-corrected chi connectivity index (χ3v) is 3.24. The minimum atomic E-state index is -0.760. The van der Waals surface area contributed by atoms with Gasteiger partial charge in [-0.3, -0.25) is 10.1 Å². The van der Waals surface area contributed by atoms with Gasteiger partial charge in [0.15, 0.2) is 5.84 Å².